The Hall–Kier alpha value is -2.30. The van der Waals surface area contributed by atoms with E-state index in [0.717, 1.165) is 17.3 Å². The second-order valence-electron chi connectivity index (χ2n) is 5.99. The van der Waals surface area contributed by atoms with Crippen LogP contribution in [0.15, 0.2) is 47.6 Å². The van der Waals surface area contributed by atoms with Crippen LogP contribution in [-0.4, -0.2) is 28.8 Å². The molecule has 122 valence electrons. The topological polar surface area (TPSA) is 54.2 Å². The minimum atomic E-state index is 0.553. The summed E-state index contributed by atoms with van der Waals surface area (Å²) in [5.74, 6) is 0.867. The first-order chi connectivity index (χ1) is 11.3. The Kier molecular flexibility index (Phi) is 5.29. The molecule has 1 heterocycles. The van der Waals surface area contributed by atoms with Gasteiger partial charge in [-0.1, -0.05) is 37.5 Å². The van der Waals surface area contributed by atoms with Crippen LogP contribution in [0.3, 0.4) is 0 Å². The highest BCUT2D eigenvalue weighted by molar-refractivity contribution is 5.79. The molecule has 2 N–H and O–H groups in total. The first kappa shape index (κ1) is 15.6. The van der Waals surface area contributed by atoms with E-state index < -0.39 is 0 Å². The van der Waals surface area contributed by atoms with Gasteiger partial charge in [0.25, 0.3) is 0 Å². The van der Waals surface area contributed by atoms with E-state index in [9.17, 15) is 0 Å². The van der Waals surface area contributed by atoms with Crippen molar-refractivity contribution in [3.63, 3.8) is 0 Å². The molecular weight excluding hydrogens is 286 g/mol. The average Bonchev–Trinajstić information content (AvgIpc) is 3.09. The normalized spacial score (nSPS) is 16.3. The lowest BCUT2D eigenvalue weighted by Gasteiger charge is -2.24. The van der Waals surface area contributed by atoms with E-state index >= 15 is 0 Å². The molecule has 0 bridgehead atoms. The zero-order valence-corrected chi connectivity index (χ0v) is 13.7. The second kappa shape index (κ2) is 7.81. The lowest BCUT2D eigenvalue weighted by molar-refractivity contribution is 0.410. The number of rotatable bonds is 4. The van der Waals surface area contributed by atoms with Gasteiger partial charge in [0, 0.05) is 19.3 Å². The first-order valence-electron chi connectivity index (χ1n) is 8.42. The summed E-state index contributed by atoms with van der Waals surface area (Å²) in [5, 5.41) is 11.5. The lowest BCUT2D eigenvalue weighted by Crippen LogP contribution is -2.43. The van der Waals surface area contributed by atoms with Gasteiger partial charge in [0.2, 0.25) is 0 Å². The van der Waals surface area contributed by atoms with E-state index in [-0.39, 0.29) is 0 Å². The van der Waals surface area contributed by atoms with Gasteiger partial charge in [0.15, 0.2) is 5.96 Å². The Morgan fingerprint density at radius 1 is 1.17 bits per heavy atom. The molecule has 5 nitrogen and oxygen atoms in total. The van der Waals surface area contributed by atoms with E-state index in [1.54, 1.807) is 0 Å². The van der Waals surface area contributed by atoms with Crippen LogP contribution in [0.25, 0.3) is 5.69 Å². The fourth-order valence-corrected chi connectivity index (χ4v) is 2.99. The first-order valence-corrected chi connectivity index (χ1v) is 8.42. The van der Waals surface area contributed by atoms with E-state index in [4.69, 9.17) is 0 Å². The van der Waals surface area contributed by atoms with Crippen molar-refractivity contribution >= 4 is 5.96 Å². The summed E-state index contributed by atoms with van der Waals surface area (Å²) in [6, 6.07) is 12.7. The zero-order chi connectivity index (χ0) is 15.9. The largest absolute Gasteiger partial charge is 0.354 e. The van der Waals surface area contributed by atoms with Gasteiger partial charge in [-0.15, -0.1) is 0 Å². The summed E-state index contributed by atoms with van der Waals surface area (Å²) in [5.41, 5.74) is 2.07. The number of benzene rings is 1. The Bertz CT molecular complexity index is 626. The lowest BCUT2D eigenvalue weighted by atomic mass is 9.96. The maximum atomic E-state index is 4.60. The van der Waals surface area contributed by atoms with E-state index in [0.29, 0.717) is 12.6 Å². The van der Waals surface area contributed by atoms with Gasteiger partial charge in [0.05, 0.1) is 17.9 Å². The van der Waals surface area contributed by atoms with Gasteiger partial charge in [-0.3, -0.25) is 4.99 Å². The molecule has 0 unspecified atom stereocenters. The van der Waals surface area contributed by atoms with Crippen molar-refractivity contribution in [3.8, 4) is 5.69 Å². The van der Waals surface area contributed by atoms with Gasteiger partial charge in [0.1, 0.15) is 0 Å². The molecule has 1 aliphatic rings. The summed E-state index contributed by atoms with van der Waals surface area (Å²) < 4.78 is 1.90. The number of aromatic nitrogens is 2. The number of nitrogens with zero attached hydrogens (tertiary/aromatic N) is 3. The molecule has 1 fully saturated rings. The molecule has 2 aromatic rings. The zero-order valence-electron chi connectivity index (χ0n) is 13.7. The Balaban J connectivity index is 1.54. The number of hydrogen-bond acceptors (Lipinski definition) is 2. The molecule has 0 saturated heterocycles. The van der Waals surface area contributed by atoms with Crippen LogP contribution in [0.1, 0.15) is 37.8 Å². The van der Waals surface area contributed by atoms with Crippen LogP contribution in [-0.2, 0) is 6.54 Å². The van der Waals surface area contributed by atoms with Gasteiger partial charge in [-0.25, -0.2) is 4.68 Å². The SMILES string of the molecule is CN=C(NCc1ccn(-c2ccccc2)n1)NC1CCCCC1. The van der Waals surface area contributed by atoms with Gasteiger partial charge >= 0.3 is 0 Å². The third-order valence-corrected chi connectivity index (χ3v) is 4.27. The molecule has 23 heavy (non-hydrogen) atoms. The summed E-state index contributed by atoms with van der Waals surface area (Å²) in [4.78, 5) is 4.32. The van der Waals surface area contributed by atoms with Crippen molar-refractivity contribution in [1.82, 2.24) is 20.4 Å². The summed E-state index contributed by atoms with van der Waals surface area (Å²) in [7, 11) is 1.82. The highest BCUT2D eigenvalue weighted by atomic mass is 15.3. The molecular formula is C18H25N5. The average molecular weight is 311 g/mol. The third-order valence-electron chi connectivity index (χ3n) is 4.27. The summed E-state index contributed by atoms with van der Waals surface area (Å²) in [6.07, 6.45) is 8.46. The Morgan fingerprint density at radius 3 is 2.70 bits per heavy atom. The van der Waals surface area contributed by atoms with Crippen molar-refractivity contribution in [2.75, 3.05) is 7.05 Å². The smallest absolute Gasteiger partial charge is 0.191 e. The molecule has 0 atom stereocenters. The standard InChI is InChI=1S/C18H25N5/c1-19-18(21-15-8-4-2-5-9-15)20-14-16-12-13-23(22-16)17-10-6-3-7-11-17/h3,6-7,10-13,15H,2,4-5,8-9,14H2,1H3,(H2,19,20,21). The van der Waals surface area contributed by atoms with Crippen molar-refractivity contribution in [3.05, 3.63) is 48.3 Å². The van der Waals surface area contributed by atoms with Crippen LogP contribution in [0.5, 0.6) is 0 Å². The summed E-state index contributed by atoms with van der Waals surface area (Å²) >= 11 is 0. The van der Waals surface area contributed by atoms with Crippen LogP contribution in [0.4, 0.5) is 0 Å². The van der Waals surface area contributed by atoms with Crippen LogP contribution in [0, 0.1) is 0 Å². The van der Waals surface area contributed by atoms with E-state index in [1.165, 1.54) is 32.1 Å². The molecule has 0 aliphatic heterocycles. The number of aliphatic imine (C=N–C) groups is 1. The molecule has 1 aromatic heterocycles. The fourth-order valence-electron chi connectivity index (χ4n) is 2.99. The van der Waals surface area contributed by atoms with Crippen LogP contribution >= 0.6 is 0 Å². The van der Waals surface area contributed by atoms with E-state index in [2.05, 4.69) is 20.7 Å². The predicted octanol–water partition coefficient (Wildman–Crippen LogP) is 2.87. The molecule has 1 saturated carbocycles. The molecule has 1 aromatic carbocycles. The van der Waals surface area contributed by atoms with Gasteiger partial charge < -0.3 is 10.6 Å². The molecule has 0 radical (unpaired) electrons. The Morgan fingerprint density at radius 2 is 1.96 bits per heavy atom. The van der Waals surface area contributed by atoms with E-state index in [1.807, 2.05) is 54.3 Å². The molecule has 3 rings (SSSR count). The number of guanidine groups is 1. The van der Waals surface area contributed by atoms with Crippen molar-refractivity contribution in [2.24, 2.45) is 4.99 Å². The maximum Gasteiger partial charge on any atom is 0.191 e. The molecule has 0 spiro atoms. The molecule has 1 aliphatic carbocycles. The minimum Gasteiger partial charge on any atom is -0.354 e. The maximum absolute atomic E-state index is 4.60. The number of hydrogen-bond donors (Lipinski definition) is 2. The van der Waals surface area contributed by atoms with Gasteiger partial charge in [-0.05, 0) is 31.0 Å². The van der Waals surface area contributed by atoms with Crippen molar-refractivity contribution in [1.29, 1.82) is 0 Å². The van der Waals surface area contributed by atoms with Crippen LogP contribution in [0.2, 0.25) is 0 Å². The monoisotopic (exact) mass is 311 g/mol. The Labute approximate surface area is 137 Å². The number of para-hydroxylation sites is 1. The van der Waals surface area contributed by atoms with Crippen molar-refractivity contribution < 1.29 is 0 Å². The fraction of sp³-hybridized carbons (Fsp3) is 0.444. The van der Waals surface area contributed by atoms with Crippen molar-refractivity contribution in [2.45, 2.75) is 44.7 Å². The van der Waals surface area contributed by atoms with Crippen LogP contribution < -0.4 is 10.6 Å². The molecule has 0 amide bonds. The highest BCUT2D eigenvalue weighted by Gasteiger charge is 2.14. The number of nitrogens with one attached hydrogen (secondary N) is 2. The minimum absolute atomic E-state index is 0.553. The third kappa shape index (κ3) is 4.34. The summed E-state index contributed by atoms with van der Waals surface area (Å²) in [6.45, 7) is 0.673. The second-order valence-corrected chi connectivity index (χ2v) is 5.99. The molecule has 5 heteroatoms. The quantitative estimate of drug-likeness (QED) is 0.674. The highest BCUT2D eigenvalue weighted by Crippen LogP contribution is 2.17. The van der Waals surface area contributed by atoms with Gasteiger partial charge in [-0.2, -0.15) is 5.10 Å². The predicted molar refractivity (Wildman–Crippen MR) is 93.8 cm³/mol.